The molecule has 3 unspecified atom stereocenters. The van der Waals surface area contributed by atoms with Crippen LogP contribution in [0.25, 0.3) is 11.1 Å². The van der Waals surface area contributed by atoms with Crippen molar-refractivity contribution in [1.82, 2.24) is 47.3 Å². The van der Waals surface area contributed by atoms with Crippen LogP contribution in [0.2, 0.25) is 0 Å². The van der Waals surface area contributed by atoms with Gasteiger partial charge in [0, 0.05) is 37.1 Å². The number of rotatable bonds is 37. The van der Waals surface area contributed by atoms with Gasteiger partial charge >= 0.3 is 40.6 Å². The minimum atomic E-state index is -1.71. The quantitative estimate of drug-likeness (QED) is 0.0180. The van der Waals surface area contributed by atoms with E-state index in [1.165, 1.54) is 27.0 Å². The molecular weight excluding hydrogens is 2050 g/mol. The molecule has 5 fully saturated rings. The van der Waals surface area contributed by atoms with E-state index in [-0.39, 0.29) is 72.9 Å². The van der Waals surface area contributed by atoms with E-state index in [1.807, 2.05) is 107 Å². The van der Waals surface area contributed by atoms with Gasteiger partial charge in [-0.1, -0.05) is 55.5 Å². The van der Waals surface area contributed by atoms with Crippen LogP contribution in [0.4, 0.5) is 4.79 Å². The number of aromatic amines is 4. The van der Waals surface area contributed by atoms with E-state index in [9.17, 15) is 133 Å². The highest BCUT2D eigenvalue weighted by Gasteiger charge is 2.50. The van der Waals surface area contributed by atoms with Gasteiger partial charge in [0.15, 0.2) is 60.4 Å². The SMILES string of the molecule is C=P(C)(C)CC[C@H]1O[C@@H](n2cc(C(O)C(C)=O)c(=O)[nH]c2=O)[C@H](O)[C@@H]1O.C=P(C)(C)CC[C@H]1O[C@@H](n2cc(C(OC(=O)OCC3c4ccccc4-c4ccccc43)C(C)=O)c(=O)[nH]c2=O)[C@H](O)[C@@H]1O.C=P(C)(C)CC[C@H]1O[C@@H](n2cc(OCC(C)=O)c(=O)[nH]c2=O)[C@H](O)[C@@H]1O.C=P(C)(C)CC[C@H]1O[C@@H](n2cc(OCC(C)=O)c(=O)[nH]c2=O)[C@H](O)[C@@H]1O.C=P(C)(C)CC[C@H]1O[C@@H](n2ccc(=O)n(CCC(C)C(=O)O)c2=O)[C@H](O)[C@@H]1O. The maximum atomic E-state index is 12.8. The molecule has 5 aliphatic heterocycles. The molecule has 149 heavy (non-hydrogen) atoms. The lowest BCUT2D eigenvalue weighted by molar-refractivity contribution is -0.141. The first-order valence-corrected chi connectivity index (χ1v) is 62.8. The van der Waals surface area contributed by atoms with Crippen LogP contribution in [0.1, 0.15) is 145 Å². The minimum Gasteiger partial charge on any atom is -0.481 e. The molecule has 6 aliphatic rings. The number of Topliss-reactive ketones (excluding diaryl/α,β-unsaturated/α-hetero) is 4. The van der Waals surface area contributed by atoms with Gasteiger partial charge in [-0.15, -0.1) is 65.9 Å². The molecule has 0 saturated carbocycles. The van der Waals surface area contributed by atoms with Gasteiger partial charge in [-0.25, -0.2) is 28.8 Å². The molecule has 16 N–H and O–H groups in total. The number of H-pyrrole nitrogens is 4. The third-order valence-corrected chi connectivity index (χ3v) is 32.4. The van der Waals surface area contributed by atoms with E-state index in [0.717, 1.165) is 119 Å². The third kappa shape index (κ3) is 32.7. The summed E-state index contributed by atoms with van der Waals surface area (Å²) in [5.41, 5.74) is -4.81. The zero-order valence-corrected chi connectivity index (χ0v) is 90.0. The zero-order chi connectivity index (χ0) is 111. The highest BCUT2D eigenvalue weighted by atomic mass is 31.2. The van der Waals surface area contributed by atoms with Gasteiger partial charge in [0.1, 0.15) is 87.0 Å². The number of aromatic nitrogens is 10. The molecule has 824 valence electrons. The van der Waals surface area contributed by atoms with E-state index < -0.39 is 255 Å². The zero-order valence-electron chi connectivity index (χ0n) is 85.6. The van der Waals surface area contributed by atoms with E-state index in [2.05, 4.69) is 59.8 Å². The fourth-order valence-corrected chi connectivity index (χ4v) is 21.5. The lowest BCUT2D eigenvalue weighted by atomic mass is 9.98. The topological polar surface area (TPSA) is 692 Å². The first kappa shape index (κ1) is 122. The van der Waals surface area contributed by atoms with Crippen LogP contribution in [0.3, 0.4) is 0 Å². The number of aliphatic hydroxyl groups excluding tert-OH is 11. The first-order chi connectivity index (χ1) is 69.2. The van der Waals surface area contributed by atoms with Gasteiger partial charge in [0.2, 0.25) is 11.5 Å². The molecule has 10 heterocycles. The Morgan fingerprint density at radius 2 is 0.711 bits per heavy atom. The number of ether oxygens (including phenoxy) is 9. The van der Waals surface area contributed by atoms with Gasteiger partial charge in [-0.05, 0) is 186 Å². The van der Waals surface area contributed by atoms with E-state index in [1.54, 1.807) is 0 Å². The molecule has 52 heteroatoms. The van der Waals surface area contributed by atoms with Crippen LogP contribution in [0, 0.1) is 5.92 Å². The third-order valence-electron chi connectivity index (χ3n) is 25.1. The fourth-order valence-electron chi connectivity index (χ4n) is 16.7. The maximum Gasteiger partial charge on any atom is 0.509 e. The number of carboxylic acids is 1. The van der Waals surface area contributed by atoms with Crippen LogP contribution >= 0.6 is 34.4 Å². The van der Waals surface area contributed by atoms with Crippen molar-refractivity contribution in [2.24, 2.45) is 5.92 Å². The van der Waals surface area contributed by atoms with Crippen molar-refractivity contribution in [2.75, 3.05) is 117 Å². The van der Waals surface area contributed by atoms with Crippen LogP contribution in [-0.2, 0) is 63.7 Å². The number of fused-ring (bicyclic) bond motifs is 3. The van der Waals surface area contributed by atoms with Crippen LogP contribution < -0.4 is 65.7 Å². The van der Waals surface area contributed by atoms with E-state index in [4.69, 9.17) is 47.7 Å². The van der Waals surface area contributed by atoms with Crippen molar-refractivity contribution < 1.29 is 133 Å². The molecule has 0 spiro atoms. The number of carbonyl (C=O) groups is 6. The summed E-state index contributed by atoms with van der Waals surface area (Å²) in [7, 11) is 0. The first-order valence-electron chi connectivity index (χ1n) is 47.5. The van der Waals surface area contributed by atoms with Gasteiger partial charge in [-0.3, -0.25) is 95.3 Å². The number of aliphatic carboxylic acids is 1. The Morgan fingerprint density at radius 3 is 1.02 bits per heavy atom. The smallest absolute Gasteiger partial charge is 0.481 e. The number of ketones is 4. The second-order valence-electron chi connectivity index (χ2n) is 41.2. The number of aliphatic hydroxyl groups is 11. The predicted octanol–water partition coefficient (Wildman–Crippen LogP) is 0.0135. The lowest BCUT2D eigenvalue weighted by Gasteiger charge is -2.21. The second kappa shape index (κ2) is 51.4. The normalized spacial score (nSPS) is 25.2. The molecular formula is C97H139N10O37P5. The monoisotopic (exact) mass is 2190 g/mol. The van der Waals surface area contributed by atoms with Crippen molar-refractivity contribution in [3.63, 3.8) is 0 Å². The van der Waals surface area contributed by atoms with Crippen molar-refractivity contribution in [1.29, 1.82) is 0 Å². The summed E-state index contributed by atoms with van der Waals surface area (Å²) >= 11 is 0. The Balaban J connectivity index is 0.000000211. The average Bonchev–Trinajstić information content (AvgIpc) is 1.61. The second-order valence-corrected chi connectivity index (χ2v) is 62.8. The number of hydrogen-bond donors (Lipinski definition) is 16. The average molecular weight is 2190 g/mol. The number of benzene rings is 2. The van der Waals surface area contributed by atoms with Crippen molar-refractivity contribution in [2.45, 2.75) is 221 Å². The summed E-state index contributed by atoms with van der Waals surface area (Å²) in [5.74, 6) is -4.45. The summed E-state index contributed by atoms with van der Waals surface area (Å²) in [6, 6.07) is 16.7. The van der Waals surface area contributed by atoms with Crippen molar-refractivity contribution in [3.05, 3.63) is 212 Å². The maximum absolute atomic E-state index is 12.8. The van der Waals surface area contributed by atoms with Crippen molar-refractivity contribution >= 4 is 101 Å². The highest BCUT2D eigenvalue weighted by Crippen LogP contribution is 2.48. The summed E-state index contributed by atoms with van der Waals surface area (Å²) in [6.07, 6.45) is 4.99. The predicted molar refractivity (Wildman–Crippen MR) is 566 cm³/mol. The molecule has 47 nitrogen and oxygen atoms in total. The summed E-state index contributed by atoms with van der Waals surface area (Å²) < 4.78 is 55.2. The fraction of sp³-hybridized carbons (Fsp3) is 0.557. The van der Waals surface area contributed by atoms with Crippen molar-refractivity contribution in [3.8, 4) is 22.6 Å². The minimum absolute atomic E-state index is 0.0684. The molecule has 0 bridgehead atoms. The lowest BCUT2D eigenvalue weighted by Crippen LogP contribution is -2.43. The number of carboxylic acid groups (broad SMARTS) is 1. The number of hydrogen-bond acceptors (Lipinski definition) is 36. The van der Waals surface area contributed by atoms with Crippen LogP contribution in [-0.4, -0.2) is 384 Å². The van der Waals surface area contributed by atoms with Gasteiger partial charge < -0.3 is 104 Å². The summed E-state index contributed by atoms with van der Waals surface area (Å²) in [6.45, 7) is 19.1. The van der Waals surface area contributed by atoms with Gasteiger partial charge in [-0.2, -0.15) is 0 Å². The molecule has 13 rings (SSSR count). The van der Waals surface area contributed by atoms with E-state index >= 15 is 0 Å². The Bertz CT molecular complexity index is 6720. The molecule has 1 aliphatic carbocycles. The standard InChI is InChI=1S/C31H35N2O9P.C18H29N2O7P.3C16H25N2O7P/c1-17(34)27(42-31(39)40-16-23-20-11-7-5-9-18(20)19-10-6-8-12-21(19)23)22-15-33(30(38)32-28(22)37)29-26(36)25(35)24(41-29)13-14-43(2,3)4;1-11(17(24)25)5-8-19-13(21)6-9-20(18(19)26)16-15(23)14(22)12(27-16)7-10-28(2,3)4;2*1-9(19)8-24-11-7-18(16(23)17-14(11)22)15-13(21)12(20)10(25-15)5-6-26(2,3)4;1-8(19)11(20)9-7-18(16(24)17-14(9)23)15-13(22)12(21)10(25-15)5-6-26(2,3)4/h5-12,15,23-27,29,35-36H,2,13-14,16H2,1,3-4H3,(H,32,37,38);6,9,11-12,14-16,22-23H,2,5,7-8,10H2,1,3-4H3,(H,24,25);2*7,10,12-13,15,20-21H,2,5-6,8H2,1,3-4H3,(H,17,22,23);7,10-13,15,20-22H,2,5-6H2,1,3-4H3,(H,17,23,24)/t24-,25-,26-,27?,29-;11?,12-,14-,15-,16-;2*10-,12-,13-,15-;10-,11?,12-,13-,15-/m11111/s1. The molecule has 2 aromatic carbocycles. The highest BCUT2D eigenvalue weighted by molar-refractivity contribution is 7.73. The van der Waals surface area contributed by atoms with Crippen LogP contribution in [0.5, 0.6) is 11.5 Å². The Hall–Kier alpha value is -10.3. The van der Waals surface area contributed by atoms with Gasteiger partial charge in [0.25, 0.3) is 27.8 Å². The Labute approximate surface area is 855 Å². The summed E-state index contributed by atoms with van der Waals surface area (Å²) in [5, 5.41) is 122. The molecule has 0 amide bonds. The van der Waals surface area contributed by atoms with Gasteiger partial charge in [0.05, 0.1) is 60.0 Å². The van der Waals surface area contributed by atoms with E-state index in [0.29, 0.717) is 38.3 Å². The molecule has 5 saturated heterocycles. The number of nitrogens with zero attached hydrogens (tertiary/aromatic N) is 6. The molecule has 5 aromatic heterocycles. The molecule has 23 atom stereocenters. The largest absolute Gasteiger partial charge is 0.509 e. The number of carbonyl (C=O) groups excluding carboxylic acids is 5. The number of nitrogens with one attached hydrogen (secondary N) is 4. The molecule has 0 radical (unpaired) electrons. The van der Waals surface area contributed by atoms with Crippen LogP contribution in [0.15, 0.2) is 134 Å². The summed E-state index contributed by atoms with van der Waals surface area (Å²) in [4.78, 5) is 200. The Kier molecular flexibility index (Phi) is 42.2. The Morgan fingerprint density at radius 1 is 0.409 bits per heavy atom. The molecule has 7 aromatic rings.